The zero-order valence-corrected chi connectivity index (χ0v) is 19.0. The van der Waals surface area contributed by atoms with Gasteiger partial charge in [0.05, 0.1) is 10.6 Å². The summed E-state index contributed by atoms with van der Waals surface area (Å²) >= 11 is 19.3. The summed E-state index contributed by atoms with van der Waals surface area (Å²) in [5, 5.41) is 5.02. The molecule has 1 heterocycles. The van der Waals surface area contributed by atoms with Crippen LogP contribution in [0.15, 0.2) is 76.6 Å². The van der Waals surface area contributed by atoms with E-state index >= 15 is 0 Å². The standard InChI is InChI=1S/C23H15Cl3N2O2S/c24-16-7-9-18(10-8-16)27-23-28-22(29)21(31-23)11-14-3-1-2-4-20(14)30-13-15-5-6-17(25)12-19(15)26/h1-12H,13H2,(H,27,28,29)/b21-11-. The number of rotatable bonds is 5. The molecule has 1 amide bonds. The highest BCUT2D eigenvalue weighted by Gasteiger charge is 2.24. The topological polar surface area (TPSA) is 50.7 Å². The molecule has 0 unspecified atom stereocenters. The van der Waals surface area contributed by atoms with E-state index in [1.807, 2.05) is 30.3 Å². The van der Waals surface area contributed by atoms with Gasteiger partial charge in [0.2, 0.25) is 0 Å². The number of amides is 1. The van der Waals surface area contributed by atoms with Gasteiger partial charge in [0.15, 0.2) is 5.17 Å². The molecule has 3 aromatic rings. The van der Waals surface area contributed by atoms with Crippen LogP contribution < -0.4 is 10.1 Å². The molecule has 0 radical (unpaired) electrons. The number of aliphatic imine (C=N–C) groups is 1. The molecule has 0 aliphatic carbocycles. The number of benzene rings is 3. The molecule has 4 nitrogen and oxygen atoms in total. The van der Waals surface area contributed by atoms with Crippen molar-refractivity contribution in [2.24, 2.45) is 4.99 Å². The lowest BCUT2D eigenvalue weighted by atomic mass is 10.2. The van der Waals surface area contributed by atoms with Crippen LogP contribution in [0, 0.1) is 0 Å². The van der Waals surface area contributed by atoms with Gasteiger partial charge >= 0.3 is 0 Å². The Morgan fingerprint density at radius 1 is 0.968 bits per heavy atom. The fraction of sp³-hybridized carbons (Fsp3) is 0.0435. The highest BCUT2D eigenvalue weighted by Crippen LogP contribution is 2.31. The maximum Gasteiger partial charge on any atom is 0.264 e. The van der Waals surface area contributed by atoms with Gasteiger partial charge in [0, 0.05) is 26.2 Å². The summed E-state index contributed by atoms with van der Waals surface area (Å²) in [6.07, 6.45) is 1.78. The predicted octanol–water partition coefficient (Wildman–Crippen LogP) is 7.12. The molecule has 4 rings (SSSR count). The molecule has 0 saturated carbocycles. The van der Waals surface area contributed by atoms with Crippen molar-refractivity contribution in [2.45, 2.75) is 6.61 Å². The van der Waals surface area contributed by atoms with E-state index in [9.17, 15) is 4.79 Å². The van der Waals surface area contributed by atoms with Crippen LogP contribution in [-0.4, -0.2) is 11.1 Å². The Hall–Kier alpha value is -2.44. The van der Waals surface area contributed by atoms with E-state index < -0.39 is 0 Å². The van der Waals surface area contributed by atoms with E-state index in [2.05, 4.69) is 10.3 Å². The van der Waals surface area contributed by atoms with Crippen molar-refractivity contribution in [1.29, 1.82) is 0 Å². The van der Waals surface area contributed by atoms with Crippen LogP contribution >= 0.6 is 46.6 Å². The van der Waals surface area contributed by atoms with E-state index in [-0.39, 0.29) is 12.5 Å². The lowest BCUT2D eigenvalue weighted by Crippen LogP contribution is -2.19. The van der Waals surface area contributed by atoms with Crippen LogP contribution in [0.3, 0.4) is 0 Å². The highest BCUT2D eigenvalue weighted by atomic mass is 35.5. The van der Waals surface area contributed by atoms with Crippen LogP contribution in [0.4, 0.5) is 5.69 Å². The molecule has 1 aliphatic rings. The summed E-state index contributed by atoms with van der Waals surface area (Å²) in [7, 11) is 0. The summed E-state index contributed by atoms with van der Waals surface area (Å²) < 4.78 is 5.97. The number of hydrogen-bond donors (Lipinski definition) is 1. The molecule has 31 heavy (non-hydrogen) atoms. The Balaban J connectivity index is 1.52. The number of nitrogens with zero attached hydrogens (tertiary/aromatic N) is 1. The Labute approximate surface area is 198 Å². The number of nitrogens with one attached hydrogen (secondary N) is 1. The summed E-state index contributed by atoms with van der Waals surface area (Å²) in [5.74, 6) is 0.422. The Bertz CT molecular complexity index is 1190. The molecule has 1 aliphatic heterocycles. The molecule has 156 valence electrons. The van der Waals surface area contributed by atoms with Crippen molar-refractivity contribution >= 4 is 69.4 Å². The molecule has 0 bridgehead atoms. The first-order valence-electron chi connectivity index (χ1n) is 9.19. The highest BCUT2D eigenvalue weighted by molar-refractivity contribution is 8.18. The van der Waals surface area contributed by atoms with Crippen molar-refractivity contribution in [3.05, 3.63) is 97.8 Å². The molecule has 0 spiro atoms. The van der Waals surface area contributed by atoms with Gasteiger partial charge in [-0.2, -0.15) is 0 Å². The third kappa shape index (κ3) is 5.63. The number of para-hydroxylation sites is 1. The number of amidine groups is 1. The van der Waals surface area contributed by atoms with Gasteiger partial charge < -0.3 is 10.1 Å². The molecule has 1 N–H and O–H groups in total. The quantitative estimate of drug-likeness (QED) is 0.388. The normalized spacial score (nSPS) is 16.0. The van der Waals surface area contributed by atoms with Crippen LogP contribution in [0.5, 0.6) is 5.75 Å². The average Bonchev–Trinajstić information content (AvgIpc) is 3.09. The molecule has 1 saturated heterocycles. The maximum atomic E-state index is 12.4. The summed E-state index contributed by atoms with van der Waals surface area (Å²) in [6.45, 7) is 0.277. The minimum Gasteiger partial charge on any atom is -0.488 e. The van der Waals surface area contributed by atoms with E-state index in [4.69, 9.17) is 39.5 Å². The third-order valence-electron chi connectivity index (χ3n) is 4.31. The molecule has 0 aromatic heterocycles. The zero-order chi connectivity index (χ0) is 21.8. The fourth-order valence-corrected chi connectivity index (χ4v) is 4.20. The Kier molecular flexibility index (Phi) is 6.88. The van der Waals surface area contributed by atoms with Gasteiger partial charge in [0.25, 0.3) is 5.91 Å². The van der Waals surface area contributed by atoms with Gasteiger partial charge in [-0.1, -0.05) is 59.1 Å². The molecule has 8 heteroatoms. The minimum absolute atomic E-state index is 0.215. The van der Waals surface area contributed by atoms with E-state index in [1.54, 1.807) is 42.5 Å². The molecule has 3 aromatic carbocycles. The van der Waals surface area contributed by atoms with Crippen molar-refractivity contribution in [3.63, 3.8) is 0 Å². The maximum absolute atomic E-state index is 12.4. The van der Waals surface area contributed by atoms with Crippen molar-refractivity contribution in [3.8, 4) is 5.75 Å². The summed E-state index contributed by atoms with van der Waals surface area (Å²) in [4.78, 5) is 17.4. The second kappa shape index (κ2) is 9.79. The van der Waals surface area contributed by atoms with Crippen molar-refractivity contribution in [1.82, 2.24) is 5.32 Å². The fourth-order valence-electron chi connectivity index (χ4n) is 2.78. The van der Waals surface area contributed by atoms with Gasteiger partial charge in [0.1, 0.15) is 12.4 Å². The lowest BCUT2D eigenvalue weighted by Gasteiger charge is -2.11. The number of carbonyl (C=O) groups excluding carboxylic acids is 1. The van der Waals surface area contributed by atoms with Gasteiger partial charge in [-0.25, -0.2) is 4.99 Å². The van der Waals surface area contributed by atoms with Crippen molar-refractivity contribution < 1.29 is 9.53 Å². The Morgan fingerprint density at radius 2 is 1.71 bits per heavy atom. The third-order valence-corrected chi connectivity index (χ3v) is 6.06. The summed E-state index contributed by atoms with van der Waals surface area (Å²) in [5.41, 5.74) is 2.30. The number of hydrogen-bond acceptors (Lipinski definition) is 4. The molecule has 0 atom stereocenters. The van der Waals surface area contributed by atoms with Gasteiger partial charge in [-0.15, -0.1) is 0 Å². The first-order chi connectivity index (χ1) is 15.0. The lowest BCUT2D eigenvalue weighted by molar-refractivity contribution is -0.115. The second-order valence-corrected chi connectivity index (χ2v) is 8.83. The van der Waals surface area contributed by atoms with Crippen LogP contribution in [0.1, 0.15) is 11.1 Å². The van der Waals surface area contributed by atoms with Gasteiger partial charge in [-0.3, -0.25) is 4.79 Å². The molecular formula is C23H15Cl3N2O2S. The minimum atomic E-state index is -0.215. The van der Waals surface area contributed by atoms with Crippen molar-refractivity contribution in [2.75, 3.05) is 0 Å². The van der Waals surface area contributed by atoms with E-state index in [1.165, 1.54) is 11.8 Å². The average molecular weight is 490 g/mol. The number of thioether (sulfide) groups is 1. The van der Waals surface area contributed by atoms with Gasteiger partial charge in [-0.05, 0) is 60.3 Å². The second-order valence-electron chi connectivity index (χ2n) is 6.52. The zero-order valence-electron chi connectivity index (χ0n) is 15.9. The number of ether oxygens (including phenoxy) is 1. The van der Waals surface area contributed by atoms with Crippen LogP contribution in [0.25, 0.3) is 6.08 Å². The number of halogens is 3. The smallest absolute Gasteiger partial charge is 0.264 e. The van der Waals surface area contributed by atoms with E-state index in [0.29, 0.717) is 36.6 Å². The SMILES string of the molecule is O=C1NC(=Nc2ccc(Cl)cc2)S/C1=C\c1ccccc1OCc1ccc(Cl)cc1Cl. The number of carbonyl (C=O) groups is 1. The predicted molar refractivity (Wildman–Crippen MR) is 129 cm³/mol. The monoisotopic (exact) mass is 488 g/mol. The first-order valence-corrected chi connectivity index (χ1v) is 11.1. The largest absolute Gasteiger partial charge is 0.488 e. The molecular weight excluding hydrogens is 475 g/mol. The van der Waals surface area contributed by atoms with Crippen LogP contribution in [-0.2, 0) is 11.4 Å². The first kappa shape index (κ1) is 21.8. The van der Waals surface area contributed by atoms with E-state index in [0.717, 1.165) is 11.1 Å². The van der Waals surface area contributed by atoms with Crippen LogP contribution in [0.2, 0.25) is 15.1 Å². The Morgan fingerprint density at radius 3 is 2.48 bits per heavy atom. The molecule has 1 fully saturated rings. The summed E-state index contributed by atoms with van der Waals surface area (Å²) in [6, 6.07) is 19.8.